The fourth-order valence-electron chi connectivity index (χ4n) is 5.42. The molecule has 0 unspecified atom stereocenters. The third-order valence-corrected chi connectivity index (χ3v) is 7.78. The zero-order chi connectivity index (χ0) is 39.0. The van der Waals surface area contributed by atoms with Crippen LogP contribution in [0.15, 0.2) is 85.2 Å². The SMILES string of the molecule is Cc1cc(Cn2cnc3c2C[C@@H](C(=O)O)N(C(=O)C(c2ccccc2)c2ccccc2)C3)ccc1N(C)C.O=C(O)C(F)(F)F.O=C(O)C(F)(F)F. The van der Waals surface area contributed by atoms with E-state index in [0.29, 0.717) is 6.54 Å². The molecular formula is C35H34F6N4O7. The number of carbonyl (C=O) groups excluding carboxylic acids is 1. The number of amides is 1. The van der Waals surface area contributed by atoms with Crippen molar-refractivity contribution < 1.29 is 60.8 Å². The number of aromatic nitrogens is 2. The van der Waals surface area contributed by atoms with E-state index in [9.17, 15) is 41.0 Å². The van der Waals surface area contributed by atoms with Gasteiger partial charge in [-0.25, -0.2) is 19.4 Å². The van der Waals surface area contributed by atoms with E-state index in [2.05, 4.69) is 35.0 Å². The Labute approximate surface area is 293 Å². The summed E-state index contributed by atoms with van der Waals surface area (Å²) in [4.78, 5) is 52.5. The van der Waals surface area contributed by atoms with Crippen LogP contribution in [0.25, 0.3) is 0 Å². The minimum absolute atomic E-state index is 0.160. The van der Waals surface area contributed by atoms with E-state index >= 15 is 0 Å². The van der Waals surface area contributed by atoms with Crippen LogP contribution in [0.5, 0.6) is 0 Å². The maximum absolute atomic E-state index is 14.1. The summed E-state index contributed by atoms with van der Waals surface area (Å²) in [6, 6.07) is 24.4. The zero-order valence-corrected chi connectivity index (χ0v) is 27.9. The number of benzene rings is 3. The molecular weight excluding hydrogens is 702 g/mol. The van der Waals surface area contributed by atoms with Gasteiger partial charge < -0.3 is 29.7 Å². The molecule has 17 heteroatoms. The number of aryl methyl sites for hydroxylation is 1. The van der Waals surface area contributed by atoms with Crippen LogP contribution >= 0.6 is 0 Å². The van der Waals surface area contributed by atoms with Crippen molar-refractivity contribution in [2.45, 2.75) is 50.7 Å². The quantitative estimate of drug-likeness (QED) is 0.202. The van der Waals surface area contributed by atoms with E-state index in [1.807, 2.05) is 79.3 Å². The van der Waals surface area contributed by atoms with Crippen molar-refractivity contribution in [3.63, 3.8) is 0 Å². The van der Waals surface area contributed by atoms with Crippen molar-refractivity contribution >= 4 is 29.5 Å². The smallest absolute Gasteiger partial charge is 0.480 e. The maximum Gasteiger partial charge on any atom is 0.490 e. The fraction of sp³-hybridized carbons (Fsp3) is 0.286. The summed E-state index contributed by atoms with van der Waals surface area (Å²) in [5.41, 5.74) is 6.74. The molecule has 5 rings (SSSR count). The van der Waals surface area contributed by atoms with Gasteiger partial charge in [0.2, 0.25) is 5.91 Å². The first-order valence-electron chi connectivity index (χ1n) is 15.3. The molecule has 1 aromatic heterocycles. The molecule has 11 nitrogen and oxygen atoms in total. The Morgan fingerprint density at radius 1 is 0.827 bits per heavy atom. The highest BCUT2D eigenvalue weighted by atomic mass is 19.4. The molecule has 52 heavy (non-hydrogen) atoms. The molecule has 0 aliphatic carbocycles. The van der Waals surface area contributed by atoms with Gasteiger partial charge in [-0.05, 0) is 35.2 Å². The number of nitrogens with zero attached hydrogens (tertiary/aromatic N) is 4. The fourth-order valence-corrected chi connectivity index (χ4v) is 5.42. The van der Waals surface area contributed by atoms with Gasteiger partial charge in [0.25, 0.3) is 0 Å². The van der Waals surface area contributed by atoms with Crippen molar-refractivity contribution in [2.24, 2.45) is 0 Å². The van der Waals surface area contributed by atoms with Crippen LogP contribution in [-0.2, 0) is 38.7 Å². The molecule has 278 valence electrons. The van der Waals surface area contributed by atoms with Gasteiger partial charge in [-0.1, -0.05) is 72.8 Å². The summed E-state index contributed by atoms with van der Waals surface area (Å²) < 4.78 is 65.5. The molecule has 0 saturated carbocycles. The van der Waals surface area contributed by atoms with Gasteiger partial charge in [0.05, 0.1) is 24.5 Å². The highest BCUT2D eigenvalue weighted by molar-refractivity contribution is 5.91. The molecule has 0 radical (unpaired) electrons. The highest BCUT2D eigenvalue weighted by Gasteiger charge is 2.41. The average Bonchev–Trinajstić information content (AvgIpc) is 3.46. The predicted octanol–water partition coefficient (Wildman–Crippen LogP) is 5.74. The summed E-state index contributed by atoms with van der Waals surface area (Å²) in [7, 11) is 4.04. The third kappa shape index (κ3) is 10.6. The predicted molar refractivity (Wildman–Crippen MR) is 175 cm³/mol. The van der Waals surface area contributed by atoms with Crippen molar-refractivity contribution in [1.29, 1.82) is 0 Å². The van der Waals surface area contributed by atoms with Gasteiger partial charge in [-0.15, -0.1) is 0 Å². The number of imidazole rings is 1. The highest BCUT2D eigenvalue weighted by Crippen LogP contribution is 2.32. The molecule has 0 spiro atoms. The number of alkyl halides is 6. The van der Waals surface area contributed by atoms with Gasteiger partial charge >= 0.3 is 30.3 Å². The van der Waals surface area contributed by atoms with E-state index in [0.717, 1.165) is 33.8 Å². The molecule has 0 bridgehead atoms. The Balaban J connectivity index is 0.000000441. The molecule has 0 fully saturated rings. The van der Waals surface area contributed by atoms with Gasteiger partial charge in [0, 0.05) is 38.4 Å². The Bertz CT molecular complexity index is 1800. The Kier molecular flexibility index (Phi) is 13.2. The Morgan fingerprint density at radius 3 is 1.71 bits per heavy atom. The Morgan fingerprint density at radius 2 is 1.31 bits per heavy atom. The van der Waals surface area contributed by atoms with Crippen LogP contribution in [0.2, 0.25) is 0 Å². The maximum atomic E-state index is 14.1. The van der Waals surface area contributed by atoms with Crippen LogP contribution in [0.3, 0.4) is 0 Å². The number of aliphatic carboxylic acids is 3. The lowest BCUT2D eigenvalue weighted by Gasteiger charge is -2.35. The molecule has 1 aliphatic rings. The number of carbonyl (C=O) groups is 4. The topological polar surface area (TPSA) is 153 Å². The summed E-state index contributed by atoms with van der Waals surface area (Å²) in [6.07, 6.45) is -8.19. The minimum atomic E-state index is -5.08. The van der Waals surface area contributed by atoms with Crippen molar-refractivity contribution in [1.82, 2.24) is 14.5 Å². The van der Waals surface area contributed by atoms with Crippen LogP contribution in [0.4, 0.5) is 32.0 Å². The molecule has 2 heterocycles. The van der Waals surface area contributed by atoms with Crippen molar-refractivity contribution in [3.05, 3.63) is 119 Å². The number of hydrogen-bond donors (Lipinski definition) is 3. The number of anilines is 1. The lowest BCUT2D eigenvalue weighted by Crippen LogP contribution is -2.50. The number of carboxylic acid groups (broad SMARTS) is 3. The minimum Gasteiger partial charge on any atom is -0.480 e. The monoisotopic (exact) mass is 736 g/mol. The van der Waals surface area contributed by atoms with E-state index in [4.69, 9.17) is 19.8 Å². The average molecular weight is 737 g/mol. The molecule has 4 aromatic rings. The second-order valence-corrected chi connectivity index (χ2v) is 11.7. The molecule has 0 saturated heterocycles. The zero-order valence-electron chi connectivity index (χ0n) is 27.9. The molecule has 1 aliphatic heterocycles. The second kappa shape index (κ2) is 16.9. The van der Waals surface area contributed by atoms with E-state index in [1.165, 1.54) is 10.5 Å². The van der Waals surface area contributed by atoms with Gasteiger partial charge in [-0.3, -0.25) is 4.79 Å². The van der Waals surface area contributed by atoms with E-state index in [1.54, 1.807) is 6.33 Å². The van der Waals surface area contributed by atoms with Gasteiger partial charge in [0.15, 0.2) is 0 Å². The van der Waals surface area contributed by atoms with Crippen LogP contribution in [0.1, 0.15) is 39.6 Å². The van der Waals surface area contributed by atoms with Crippen molar-refractivity contribution in [3.8, 4) is 0 Å². The third-order valence-electron chi connectivity index (χ3n) is 7.78. The molecule has 1 atom stereocenters. The number of rotatable bonds is 7. The number of carboxylic acids is 3. The molecule has 1 amide bonds. The second-order valence-electron chi connectivity index (χ2n) is 11.7. The standard InChI is InChI=1S/C31H32N4O3.2C2HF3O2/c1-21-16-22(14-15-26(21)33(2)3)18-34-20-32-25-19-35(28(31(37)38)17-27(25)34)30(36)29(23-10-6-4-7-11-23)24-12-8-5-9-13-24;2*3-2(4,5)1(6)7/h4-16,20,28-29H,17-19H2,1-3H3,(H,37,38);2*(H,6,7)/t28-;;/m0../s1. The largest absolute Gasteiger partial charge is 0.490 e. The first-order valence-corrected chi connectivity index (χ1v) is 15.3. The summed E-state index contributed by atoms with van der Waals surface area (Å²) in [6.45, 7) is 2.84. The van der Waals surface area contributed by atoms with E-state index in [-0.39, 0.29) is 18.9 Å². The normalized spacial score (nSPS) is 13.9. The number of hydrogen-bond acceptors (Lipinski definition) is 6. The van der Waals surface area contributed by atoms with Crippen LogP contribution in [-0.4, -0.2) is 86.1 Å². The molecule has 3 aromatic carbocycles. The van der Waals surface area contributed by atoms with Crippen LogP contribution < -0.4 is 4.90 Å². The van der Waals surface area contributed by atoms with Crippen molar-refractivity contribution in [2.75, 3.05) is 19.0 Å². The van der Waals surface area contributed by atoms with Crippen LogP contribution in [0, 0.1) is 6.92 Å². The number of halogens is 6. The lowest BCUT2D eigenvalue weighted by atomic mass is 9.88. The first kappa shape index (κ1) is 40.6. The van der Waals surface area contributed by atoms with E-state index < -0.39 is 42.2 Å². The van der Waals surface area contributed by atoms with Gasteiger partial charge in [-0.2, -0.15) is 26.3 Å². The lowest BCUT2D eigenvalue weighted by molar-refractivity contribution is -0.193. The first-order chi connectivity index (χ1) is 24.2. The molecule has 3 N–H and O–H groups in total. The van der Waals surface area contributed by atoms with Gasteiger partial charge in [0.1, 0.15) is 6.04 Å². The summed E-state index contributed by atoms with van der Waals surface area (Å²) >= 11 is 0. The number of fused-ring (bicyclic) bond motifs is 1. The summed E-state index contributed by atoms with van der Waals surface area (Å²) in [5, 5.41) is 24.5. The summed E-state index contributed by atoms with van der Waals surface area (Å²) in [5.74, 6) is -7.35. The Hall–Kier alpha value is -5.87.